The van der Waals surface area contributed by atoms with E-state index in [4.69, 9.17) is 14.2 Å². The average Bonchev–Trinajstić information content (AvgIpc) is 2.62. The molecule has 2 rings (SSSR count). The van der Waals surface area contributed by atoms with E-state index in [-0.39, 0.29) is 0 Å². The van der Waals surface area contributed by atoms with Gasteiger partial charge in [-0.15, -0.1) is 0 Å². The fourth-order valence-electron chi connectivity index (χ4n) is 2.40. The minimum atomic E-state index is 0.772. The Bertz CT molecular complexity index is 647. The summed E-state index contributed by atoms with van der Waals surface area (Å²) in [4.78, 5) is 0. The summed E-state index contributed by atoms with van der Waals surface area (Å²) >= 11 is 0. The zero-order valence-corrected chi connectivity index (χ0v) is 15.0. The Morgan fingerprint density at radius 2 is 1.46 bits per heavy atom. The van der Waals surface area contributed by atoms with Gasteiger partial charge in [-0.25, -0.2) is 0 Å². The molecule has 0 unspecified atom stereocenters. The van der Waals surface area contributed by atoms with E-state index >= 15 is 0 Å². The Balaban J connectivity index is 2.10. The third-order valence-corrected chi connectivity index (χ3v) is 3.89. The second-order valence-corrected chi connectivity index (χ2v) is 5.65. The third kappa shape index (κ3) is 4.79. The van der Waals surface area contributed by atoms with Gasteiger partial charge in [0.05, 0.1) is 20.8 Å². The van der Waals surface area contributed by atoms with E-state index in [1.54, 1.807) is 14.2 Å². The van der Waals surface area contributed by atoms with Crippen LogP contribution in [-0.2, 0) is 0 Å². The van der Waals surface area contributed by atoms with Gasteiger partial charge in [0.1, 0.15) is 17.2 Å². The van der Waals surface area contributed by atoms with E-state index in [0.29, 0.717) is 0 Å². The third-order valence-electron chi connectivity index (χ3n) is 3.89. The number of methoxy groups -OCH3 is 2. The van der Waals surface area contributed by atoms with E-state index in [0.717, 1.165) is 53.4 Å². The van der Waals surface area contributed by atoms with Gasteiger partial charge in [0.25, 0.3) is 0 Å². The van der Waals surface area contributed by atoms with Crippen molar-refractivity contribution in [2.45, 2.75) is 26.7 Å². The minimum Gasteiger partial charge on any atom is -0.496 e. The topological polar surface area (TPSA) is 27.7 Å². The number of hydrogen-bond donors (Lipinski definition) is 0. The molecule has 0 fully saturated rings. The van der Waals surface area contributed by atoms with Crippen LogP contribution in [0.3, 0.4) is 0 Å². The molecule has 0 aromatic heterocycles. The van der Waals surface area contributed by atoms with Gasteiger partial charge in [-0.3, -0.25) is 0 Å². The Labute approximate surface area is 144 Å². The highest BCUT2D eigenvalue weighted by molar-refractivity contribution is 5.72. The first-order valence-electron chi connectivity index (χ1n) is 8.31. The summed E-state index contributed by atoms with van der Waals surface area (Å²) in [6.07, 6.45) is 6.35. The molecule has 3 nitrogen and oxygen atoms in total. The van der Waals surface area contributed by atoms with Crippen LogP contribution in [0.5, 0.6) is 17.2 Å². The predicted molar refractivity (Wildman–Crippen MR) is 100 cm³/mol. The average molecular weight is 326 g/mol. The number of unbranched alkanes of at least 4 members (excludes halogenated alkanes) is 1. The van der Waals surface area contributed by atoms with Crippen molar-refractivity contribution in [3.63, 3.8) is 0 Å². The molecule has 3 heteroatoms. The van der Waals surface area contributed by atoms with Crippen molar-refractivity contribution in [1.29, 1.82) is 0 Å². The zero-order valence-electron chi connectivity index (χ0n) is 15.0. The van der Waals surface area contributed by atoms with Crippen molar-refractivity contribution in [2.75, 3.05) is 20.8 Å². The van der Waals surface area contributed by atoms with Gasteiger partial charge in [-0.05, 0) is 48.7 Å². The molecule has 128 valence electrons. The second kappa shape index (κ2) is 9.02. The smallest absolute Gasteiger partial charge is 0.126 e. The van der Waals surface area contributed by atoms with Crippen molar-refractivity contribution in [3.8, 4) is 17.2 Å². The molecule has 0 atom stereocenters. The van der Waals surface area contributed by atoms with Crippen molar-refractivity contribution in [1.82, 2.24) is 0 Å². The lowest BCUT2D eigenvalue weighted by Crippen LogP contribution is -1.95. The molecule has 0 N–H and O–H groups in total. The summed E-state index contributed by atoms with van der Waals surface area (Å²) in [7, 11) is 3.35. The highest BCUT2D eigenvalue weighted by Crippen LogP contribution is 2.30. The monoisotopic (exact) mass is 326 g/mol. The van der Waals surface area contributed by atoms with Crippen LogP contribution in [-0.4, -0.2) is 20.8 Å². The molecule has 0 bridgehead atoms. The minimum absolute atomic E-state index is 0.772. The second-order valence-electron chi connectivity index (χ2n) is 5.65. The summed E-state index contributed by atoms with van der Waals surface area (Å²) in [5.74, 6) is 2.57. The van der Waals surface area contributed by atoms with Gasteiger partial charge in [-0.1, -0.05) is 37.6 Å². The van der Waals surface area contributed by atoms with Crippen LogP contribution >= 0.6 is 0 Å². The van der Waals surface area contributed by atoms with Crippen LogP contribution in [0, 0.1) is 6.92 Å². The van der Waals surface area contributed by atoms with Crippen LogP contribution in [0.15, 0.2) is 36.4 Å². The molecule has 2 aromatic carbocycles. The summed E-state index contributed by atoms with van der Waals surface area (Å²) in [6.45, 7) is 4.92. The maximum absolute atomic E-state index is 5.68. The van der Waals surface area contributed by atoms with E-state index in [1.807, 2.05) is 31.2 Å². The van der Waals surface area contributed by atoms with Crippen molar-refractivity contribution < 1.29 is 14.2 Å². The van der Waals surface area contributed by atoms with Gasteiger partial charge in [0.2, 0.25) is 0 Å². The van der Waals surface area contributed by atoms with E-state index in [1.165, 1.54) is 0 Å². The normalized spacial score (nSPS) is 10.8. The molecule has 2 aromatic rings. The van der Waals surface area contributed by atoms with Gasteiger partial charge in [0.15, 0.2) is 0 Å². The van der Waals surface area contributed by atoms with Crippen LogP contribution in [0.25, 0.3) is 12.2 Å². The molecular formula is C21H26O3. The molecule has 0 aliphatic rings. The molecule has 0 saturated carbocycles. The maximum atomic E-state index is 5.68. The van der Waals surface area contributed by atoms with E-state index in [2.05, 4.69) is 31.2 Å². The molecule has 0 aliphatic carbocycles. The molecule has 0 saturated heterocycles. The van der Waals surface area contributed by atoms with Crippen LogP contribution in [0.4, 0.5) is 0 Å². The molecule has 0 amide bonds. The number of rotatable bonds is 8. The maximum Gasteiger partial charge on any atom is 0.126 e. The van der Waals surface area contributed by atoms with E-state index in [9.17, 15) is 0 Å². The van der Waals surface area contributed by atoms with Gasteiger partial charge >= 0.3 is 0 Å². The highest BCUT2D eigenvalue weighted by Gasteiger charge is 2.06. The van der Waals surface area contributed by atoms with Crippen LogP contribution in [0.2, 0.25) is 0 Å². The van der Waals surface area contributed by atoms with Crippen molar-refractivity contribution in [3.05, 3.63) is 53.1 Å². The lowest BCUT2D eigenvalue weighted by atomic mass is 10.1. The van der Waals surface area contributed by atoms with Gasteiger partial charge in [0, 0.05) is 5.56 Å². The van der Waals surface area contributed by atoms with Crippen LogP contribution in [0.1, 0.15) is 36.5 Å². The molecule has 0 spiro atoms. The number of hydrogen-bond acceptors (Lipinski definition) is 3. The lowest BCUT2D eigenvalue weighted by Gasteiger charge is -2.11. The fraction of sp³-hybridized carbons (Fsp3) is 0.333. The van der Waals surface area contributed by atoms with Crippen molar-refractivity contribution in [2.24, 2.45) is 0 Å². The van der Waals surface area contributed by atoms with Crippen LogP contribution < -0.4 is 14.2 Å². The molecule has 24 heavy (non-hydrogen) atoms. The summed E-state index contributed by atoms with van der Waals surface area (Å²) in [6, 6.07) is 12.1. The first kappa shape index (κ1) is 17.9. The first-order chi connectivity index (χ1) is 11.7. The number of ether oxygens (including phenoxy) is 3. The van der Waals surface area contributed by atoms with Gasteiger partial charge in [-0.2, -0.15) is 0 Å². The Hall–Kier alpha value is -2.42. The molecule has 0 radical (unpaired) electrons. The summed E-state index contributed by atoms with van der Waals surface area (Å²) < 4.78 is 16.5. The highest BCUT2D eigenvalue weighted by atomic mass is 16.5. The standard InChI is InChI=1S/C21H26O3/c1-5-6-13-24-19-11-9-17(10-12-19)7-8-18-14-20(22-3)16(2)21(15-18)23-4/h7-12,14-15H,5-6,13H2,1-4H3/b8-7+. The zero-order chi connectivity index (χ0) is 17.4. The Morgan fingerprint density at radius 3 is 2.00 bits per heavy atom. The van der Waals surface area contributed by atoms with Gasteiger partial charge < -0.3 is 14.2 Å². The largest absolute Gasteiger partial charge is 0.496 e. The SMILES string of the molecule is CCCCOc1ccc(/C=C/c2cc(OC)c(C)c(OC)c2)cc1. The van der Waals surface area contributed by atoms with E-state index < -0.39 is 0 Å². The Morgan fingerprint density at radius 1 is 0.875 bits per heavy atom. The lowest BCUT2D eigenvalue weighted by molar-refractivity contribution is 0.309. The molecule has 0 aliphatic heterocycles. The first-order valence-corrected chi connectivity index (χ1v) is 8.31. The summed E-state index contributed by atoms with van der Waals surface area (Å²) in [5, 5.41) is 0. The Kier molecular flexibility index (Phi) is 6.74. The number of benzene rings is 2. The quantitative estimate of drug-likeness (QED) is 0.483. The molecular weight excluding hydrogens is 300 g/mol. The predicted octanol–water partition coefficient (Wildman–Crippen LogP) is 5.36. The molecule has 0 heterocycles. The van der Waals surface area contributed by atoms with Crippen molar-refractivity contribution >= 4 is 12.2 Å². The summed E-state index contributed by atoms with van der Waals surface area (Å²) in [5.41, 5.74) is 3.17. The fourth-order valence-corrected chi connectivity index (χ4v) is 2.40.